The van der Waals surface area contributed by atoms with Gasteiger partial charge in [-0.25, -0.2) is 0 Å². The molecule has 0 spiro atoms. The summed E-state index contributed by atoms with van der Waals surface area (Å²) in [6.45, 7) is 8.17. The number of rotatable bonds is 4. The Balaban J connectivity index is 1.90. The van der Waals surface area contributed by atoms with Gasteiger partial charge in [0.25, 0.3) is 0 Å². The molecule has 116 valence electrons. The van der Waals surface area contributed by atoms with E-state index in [1.807, 2.05) is 50.9 Å². The van der Waals surface area contributed by atoms with Gasteiger partial charge in [-0.3, -0.25) is 9.69 Å². The molecule has 1 N–H and O–H groups in total. The van der Waals surface area contributed by atoms with Gasteiger partial charge in [0.15, 0.2) is 11.5 Å². The van der Waals surface area contributed by atoms with Crippen molar-refractivity contribution in [3.8, 4) is 11.5 Å². The molecule has 0 unspecified atom stereocenters. The Kier molecular flexibility index (Phi) is 4.73. The van der Waals surface area contributed by atoms with E-state index in [4.69, 9.17) is 9.47 Å². The van der Waals surface area contributed by atoms with Crippen LogP contribution in [0.25, 0.3) is 0 Å². The number of carbonyl (C=O) groups is 1. The van der Waals surface area contributed by atoms with Crippen molar-refractivity contribution < 1.29 is 14.3 Å². The molecular formula is C16H24N2O3. The summed E-state index contributed by atoms with van der Waals surface area (Å²) >= 11 is 0. The fraction of sp³-hybridized carbons (Fsp3) is 0.562. The number of nitrogens with zero attached hydrogens (tertiary/aromatic N) is 1. The standard InChI is InChI=1S/C16H24N2O3/c1-16(2,3)17-15(19)11-18(4)10-12-5-6-13-14(9-12)21-8-7-20-13/h5-6,9H,7-8,10-11H2,1-4H3,(H,17,19). The van der Waals surface area contributed by atoms with Crippen molar-refractivity contribution in [1.29, 1.82) is 0 Å². The summed E-state index contributed by atoms with van der Waals surface area (Å²) in [7, 11) is 1.93. The first-order valence-electron chi connectivity index (χ1n) is 7.21. The number of benzene rings is 1. The highest BCUT2D eigenvalue weighted by atomic mass is 16.6. The van der Waals surface area contributed by atoms with Gasteiger partial charge in [-0.15, -0.1) is 0 Å². The number of amides is 1. The van der Waals surface area contributed by atoms with Gasteiger partial charge in [0.1, 0.15) is 13.2 Å². The van der Waals surface area contributed by atoms with Crippen LogP contribution in [0.15, 0.2) is 18.2 Å². The highest BCUT2D eigenvalue weighted by molar-refractivity contribution is 5.78. The number of carbonyl (C=O) groups excluding carboxylic acids is 1. The summed E-state index contributed by atoms with van der Waals surface area (Å²) in [6.07, 6.45) is 0. The van der Waals surface area contributed by atoms with Gasteiger partial charge in [-0.1, -0.05) is 6.07 Å². The molecule has 0 aromatic heterocycles. The first-order valence-corrected chi connectivity index (χ1v) is 7.21. The van der Waals surface area contributed by atoms with Gasteiger partial charge in [0.05, 0.1) is 6.54 Å². The predicted molar refractivity (Wildman–Crippen MR) is 81.7 cm³/mol. The van der Waals surface area contributed by atoms with Gasteiger partial charge in [0.2, 0.25) is 5.91 Å². The smallest absolute Gasteiger partial charge is 0.234 e. The van der Waals surface area contributed by atoms with E-state index in [9.17, 15) is 4.79 Å². The van der Waals surface area contributed by atoms with E-state index in [0.717, 1.165) is 17.1 Å². The summed E-state index contributed by atoms with van der Waals surface area (Å²) < 4.78 is 11.1. The van der Waals surface area contributed by atoms with E-state index in [0.29, 0.717) is 26.3 Å². The maximum Gasteiger partial charge on any atom is 0.234 e. The summed E-state index contributed by atoms with van der Waals surface area (Å²) in [5.41, 5.74) is 0.903. The lowest BCUT2D eigenvalue weighted by Crippen LogP contribution is -2.45. The molecule has 1 aliphatic rings. The fourth-order valence-corrected chi connectivity index (χ4v) is 2.26. The Morgan fingerprint density at radius 2 is 1.90 bits per heavy atom. The van der Waals surface area contributed by atoms with Crippen molar-refractivity contribution >= 4 is 5.91 Å². The summed E-state index contributed by atoms with van der Waals surface area (Å²) in [5, 5.41) is 2.96. The summed E-state index contributed by atoms with van der Waals surface area (Å²) in [4.78, 5) is 13.9. The number of likely N-dealkylation sites (N-methyl/N-ethyl adjacent to an activating group) is 1. The van der Waals surface area contributed by atoms with Crippen molar-refractivity contribution in [1.82, 2.24) is 10.2 Å². The van der Waals surface area contributed by atoms with Gasteiger partial charge < -0.3 is 14.8 Å². The molecule has 0 fully saturated rings. The Morgan fingerprint density at radius 3 is 2.57 bits per heavy atom. The molecule has 1 amide bonds. The number of hydrogen-bond donors (Lipinski definition) is 1. The van der Waals surface area contributed by atoms with E-state index in [1.165, 1.54) is 0 Å². The Hall–Kier alpha value is -1.75. The van der Waals surface area contributed by atoms with Crippen LogP contribution >= 0.6 is 0 Å². The minimum Gasteiger partial charge on any atom is -0.486 e. The quantitative estimate of drug-likeness (QED) is 0.919. The maximum atomic E-state index is 11.9. The van der Waals surface area contributed by atoms with E-state index < -0.39 is 0 Å². The highest BCUT2D eigenvalue weighted by Crippen LogP contribution is 2.30. The molecule has 1 aromatic rings. The lowest BCUT2D eigenvalue weighted by atomic mass is 10.1. The zero-order chi connectivity index (χ0) is 15.5. The number of fused-ring (bicyclic) bond motifs is 1. The average Bonchev–Trinajstić information content (AvgIpc) is 2.35. The van der Waals surface area contributed by atoms with Crippen molar-refractivity contribution in [2.75, 3.05) is 26.8 Å². The van der Waals surface area contributed by atoms with E-state index in [2.05, 4.69) is 5.32 Å². The largest absolute Gasteiger partial charge is 0.486 e. The van der Waals surface area contributed by atoms with E-state index >= 15 is 0 Å². The van der Waals surface area contributed by atoms with Crippen LogP contribution in [0.5, 0.6) is 11.5 Å². The van der Waals surface area contributed by atoms with Crippen molar-refractivity contribution in [2.24, 2.45) is 0 Å². The van der Waals surface area contributed by atoms with Crippen LogP contribution in [0, 0.1) is 0 Å². The van der Waals surface area contributed by atoms with Crippen LogP contribution in [-0.4, -0.2) is 43.2 Å². The fourth-order valence-electron chi connectivity index (χ4n) is 2.26. The molecule has 0 aliphatic carbocycles. The van der Waals surface area contributed by atoms with Crippen LogP contribution in [0.2, 0.25) is 0 Å². The lowest BCUT2D eigenvalue weighted by molar-refractivity contribution is -0.123. The van der Waals surface area contributed by atoms with Gasteiger partial charge >= 0.3 is 0 Å². The van der Waals surface area contributed by atoms with Gasteiger partial charge in [-0.2, -0.15) is 0 Å². The molecule has 5 nitrogen and oxygen atoms in total. The lowest BCUT2D eigenvalue weighted by Gasteiger charge is -2.24. The van der Waals surface area contributed by atoms with Crippen LogP contribution in [-0.2, 0) is 11.3 Å². The Morgan fingerprint density at radius 1 is 1.24 bits per heavy atom. The van der Waals surface area contributed by atoms with E-state index in [1.54, 1.807) is 0 Å². The first-order chi connectivity index (χ1) is 9.83. The SMILES string of the molecule is CN(CC(=O)NC(C)(C)C)Cc1ccc2c(c1)OCCO2. The third kappa shape index (κ3) is 4.93. The summed E-state index contributed by atoms with van der Waals surface area (Å²) in [5.74, 6) is 1.60. The molecule has 0 saturated carbocycles. The number of nitrogens with one attached hydrogen (secondary N) is 1. The minimum atomic E-state index is -0.199. The molecule has 21 heavy (non-hydrogen) atoms. The zero-order valence-electron chi connectivity index (χ0n) is 13.2. The monoisotopic (exact) mass is 292 g/mol. The Bertz CT molecular complexity index is 509. The molecular weight excluding hydrogens is 268 g/mol. The van der Waals surface area contributed by atoms with Crippen LogP contribution in [0.1, 0.15) is 26.3 Å². The van der Waals surface area contributed by atoms with Crippen LogP contribution in [0.3, 0.4) is 0 Å². The molecule has 0 atom stereocenters. The minimum absolute atomic E-state index is 0.0301. The normalized spacial score (nSPS) is 14.1. The molecule has 0 saturated heterocycles. The second-order valence-electron chi connectivity index (χ2n) is 6.45. The van der Waals surface area contributed by atoms with Crippen molar-refractivity contribution in [3.05, 3.63) is 23.8 Å². The number of hydrogen-bond acceptors (Lipinski definition) is 4. The first kappa shape index (κ1) is 15.6. The highest BCUT2D eigenvalue weighted by Gasteiger charge is 2.16. The molecule has 5 heteroatoms. The molecule has 0 radical (unpaired) electrons. The second-order valence-corrected chi connectivity index (χ2v) is 6.45. The Labute approximate surface area is 126 Å². The second kappa shape index (κ2) is 6.35. The number of ether oxygens (including phenoxy) is 2. The molecule has 0 bridgehead atoms. The zero-order valence-corrected chi connectivity index (χ0v) is 13.2. The third-order valence-corrected chi connectivity index (χ3v) is 2.99. The molecule has 1 aromatic carbocycles. The van der Waals surface area contributed by atoms with Crippen LogP contribution < -0.4 is 14.8 Å². The molecule has 1 aliphatic heterocycles. The third-order valence-electron chi connectivity index (χ3n) is 2.99. The maximum absolute atomic E-state index is 11.9. The topological polar surface area (TPSA) is 50.8 Å². The average molecular weight is 292 g/mol. The molecule has 2 rings (SSSR count). The van der Waals surface area contributed by atoms with Gasteiger partial charge in [-0.05, 0) is 45.5 Å². The van der Waals surface area contributed by atoms with Gasteiger partial charge in [0, 0.05) is 12.1 Å². The molecule has 1 heterocycles. The predicted octanol–water partition coefficient (Wildman–Crippen LogP) is 1.80. The van der Waals surface area contributed by atoms with E-state index in [-0.39, 0.29) is 11.4 Å². The van der Waals surface area contributed by atoms with Crippen molar-refractivity contribution in [2.45, 2.75) is 32.9 Å². The van der Waals surface area contributed by atoms with Crippen molar-refractivity contribution in [3.63, 3.8) is 0 Å². The van der Waals surface area contributed by atoms with Crippen LogP contribution in [0.4, 0.5) is 0 Å². The summed E-state index contributed by atoms with van der Waals surface area (Å²) in [6, 6.07) is 5.91.